The summed E-state index contributed by atoms with van der Waals surface area (Å²) in [4.78, 5) is 19.6. The van der Waals surface area contributed by atoms with Crippen LogP contribution in [0.25, 0.3) is 11.0 Å². The summed E-state index contributed by atoms with van der Waals surface area (Å²) in [6, 6.07) is 16.7. The van der Waals surface area contributed by atoms with Gasteiger partial charge in [0.05, 0.1) is 22.0 Å². The number of anilines is 3. The number of fused-ring (bicyclic) bond motifs is 1. The molecule has 4 rings (SSSR count). The van der Waals surface area contributed by atoms with Crippen molar-refractivity contribution in [1.82, 2.24) is 9.97 Å². The standard InChI is InChI=1S/C21H14Cl2N4O4S/c22-13-7-10-15(23)18(11-13)32(30,31)27-20-19(25-16-3-1-2-4-17(16)26-20)24-14-8-5-12(6-9-14)21(28)29/h1-11H,(H,24,25)(H,26,27)(H,28,29)/p-1. The number of aromatic carboxylic acids is 1. The van der Waals surface area contributed by atoms with Crippen LogP contribution in [-0.4, -0.2) is 24.4 Å². The number of carbonyl (C=O) groups excluding carboxylic acids is 1. The van der Waals surface area contributed by atoms with Crippen molar-refractivity contribution in [3.63, 3.8) is 0 Å². The first-order valence-electron chi connectivity index (χ1n) is 9.06. The lowest BCUT2D eigenvalue weighted by atomic mass is 10.2. The van der Waals surface area contributed by atoms with E-state index in [1.807, 2.05) is 0 Å². The second-order valence-electron chi connectivity index (χ2n) is 6.58. The van der Waals surface area contributed by atoms with Crippen molar-refractivity contribution in [3.05, 3.63) is 82.3 Å². The van der Waals surface area contributed by atoms with Crippen molar-refractivity contribution in [3.8, 4) is 0 Å². The number of sulfonamides is 1. The van der Waals surface area contributed by atoms with E-state index in [2.05, 4.69) is 20.0 Å². The fourth-order valence-electron chi connectivity index (χ4n) is 2.85. The zero-order valence-corrected chi connectivity index (χ0v) is 18.4. The lowest BCUT2D eigenvalue weighted by molar-refractivity contribution is -0.255. The van der Waals surface area contributed by atoms with Gasteiger partial charge >= 0.3 is 0 Å². The third-order valence-corrected chi connectivity index (χ3v) is 6.42. The molecule has 162 valence electrons. The van der Waals surface area contributed by atoms with Gasteiger partial charge in [0.25, 0.3) is 10.0 Å². The van der Waals surface area contributed by atoms with E-state index < -0.39 is 16.0 Å². The summed E-state index contributed by atoms with van der Waals surface area (Å²) in [7, 11) is -4.16. The molecule has 1 heterocycles. The number of rotatable bonds is 6. The minimum atomic E-state index is -4.16. The summed E-state index contributed by atoms with van der Waals surface area (Å²) in [5.41, 5.74) is 1.43. The Kier molecular flexibility index (Phi) is 5.88. The van der Waals surface area contributed by atoms with Crippen molar-refractivity contribution < 1.29 is 18.3 Å². The molecule has 3 aromatic carbocycles. The van der Waals surface area contributed by atoms with E-state index in [0.29, 0.717) is 16.7 Å². The SMILES string of the molecule is O=C([O-])c1ccc(Nc2nc3ccccc3nc2NS(=O)(=O)c2cc(Cl)ccc2Cl)cc1. The summed E-state index contributed by atoms with van der Waals surface area (Å²) in [6.07, 6.45) is 0. The molecular formula is C21H13Cl2N4O4S-. The monoisotopic (exact) mass is 487 g/mol. The Morgan fingerprint density at radius 2 is 1.50 bits per heavy atom. The molecule has 8 nitrogen and oxygen atoms in total. The lowest BCUT2D eigenvalue weighted by Gasteiger charge is -2.15. The predicted octanol–water partition coefficient (Wildman–Crippen LogP) is 3.84. The van der Waals surface area contributed by atoms with E-state index in [1.165, 1.54) is 42.5 Å². The molecule has 0 aliphatic heterocycles. The van der Waals surface area contributed by atoms with Gasteiger partial charge < -0.3 is 15.2 Å². The van der Waals surface area contributed by atoms with E-state index in [9.17, 15) is 18.3 Å². The number of carbonyl (C=O) groups is 1. The summed E-state index contributed by atoms with van der Waals surface area (Å²) in [6.45, 7) is 0. The van der Waals surface area contributed by atoms with Crippen molar-refractivity contribution in [1.29, 1.82) is 0 Å². The molecular weight excluding hydrogens is 475 g/mol. The van der Waals surface area contributed by atoms with E-state index in [4.69, 9.17) is 23.2 Å². The van der Waals surface area contributed by atoms with Gasteiger partial charge in [-0.3, -0.25) is 4.72 Å². The summed E-state index contributed by atoms with van der Waals surface area (Å²) >= 11 is 12.0. The molecule has 11 heteroatoms. The summed E-state index contributed by atoms with van der Waals surface area (Å²) < 4.78 is 28.4. The summed E-state index contributed by atoms with van der Waals surface area (Å²) in [5, 5.41) is 14.1. The molecule has 32 heavy (non-hydrogen) atoms. The average Bonchev–Trinajstić information content (AvgIpc) is 2.76. The van der Waals surface area contributed by atoms with Gasteiger partial charge in [-0.05, 0) is 48.0 Å². The molecule has 0 fully saturated rings. The second-order valence-corrected chi connectivity index (χ2v) is 9.07. The average molecular weight is 488 g/mol. The highest BCUT2D eigenvalue weighted by Crippen LogP contribution is 2.30. The van der Waals surface area contributed by atoms with Crippen LogP contribution in [-0.2, 0) is 10.0 Å². The van der Waals surface area contributed by atoms with Gasteiger partial charge in [0.1, 0.15) is 4.90 Å². The number of nitrogens with zero attached hydrogens (tertiary/aromatic N) is 2. The lowest BCUT2D eigenvalue weighted by Crippen LogP contribution is -2.21. The fraction of sp³-hybridized carbons (Fsp3) is 0. The molecule has 0 saturated carbocycles. The molecule has 4 aromatic rings. The van der Waals surface area contributed by atoms with Gasteiger partial charge in [0, 0.05) is 10.7 Å². The van der Waals surface area contributed by atoms with Crippen LogP contribution in [0.5, 0.6) is 0 Å². The molecule has 0 unspecified atom stereocenters. The van der Waals surface area contributed by atoms with Crippen LogP contribution in [0, 0.1) is 0 Å². The number of hydrogen-bond donors (Lipinski definition) is 2. The van der Waals surface area contributed by atoms with Crippen LogP contribution in [0.15, 0.2) is 71.6 Å². The van der Waals surface area contributed by atoms with Gasteiger partial charge in [-0.1, -0.05) is 47.5 Å². The van der Waals surface area contributed by atoms with E-state index >= 15 is 0 Å². The van der Waals surface area contributed by atoms with Crippen molar-refractivity contribution >= 4 is 67.6 Å². The van der Waals surface area contributed by atoms with Crippen LogP contribution in [0.4, 0.5) is 17.3 Å². The van der Waals surface area contributed by atoms with Crippen LogP contribution in [0.1, 0.15) is 10.4 Å². The molecule has 0 bridgehead atoms. The molecule has 0 spiro atoms. The Labute approximate surface area is 192 Å². The van der Waals surface area contributed by atoms with Gasteiger partial charge in [0.2, 0.25) is 0 Å². The molecule has 2 N–H and O–H groups in total. The van der Waals surface area contributed by atoms with Crippen molar-refractivity contribution in [2.75, 3.05) is 10.0 Å². The highest BCUT2D eigenvalue weighted by Gasteiger charge is 2.22. The molecule has 0 aliphatic carbocycles. The summed E-state index contributed by atoms with van der Waals surface area (Å²) in [5.74, 6) is -1.29. The predicted molar refractivity (Wildman–Crippen MR) is 121 cm³/mol. The Hall–Kier alpha value is -3.40. The molecule has 0 aliphatic rings. The zero-order valence-electron chi connectivity index (χ0n) is 16.0. The Morgan fingerprint density at radius 3 is 2.12 bits per heavy atom. The fourth-order valence-corrected chi connectivity index (χ4v) is 4.62. The topological polar surface area (TPSA) is 124 Å². The molecule has 1 aromatic heterocycles. The highest BCUT2D eigenvalue weighted by atomic mass is 35.5. The van der Waals surface area contributed by atoms with Gasteiger partial charge in [-0.25, -0.2) is 18.4 Å². The second kappa shape index (κ2) is 8.62. The maximum absolute atomic E-state index is 13.0. The number of aromatic nitrogens is 2. The zero-order chi connectivity index (χ0) is 22.9. The number of para-hydroxylation sites is 2. The van der Waals surface area contributed by atoms with Crippen LogP contribution < -0.4 is 15.1 Å². The smallest absolute Gasteiger partial charge is 0.264 e. The van der Waals surface area contributed by atoms with Crippen LogP contribution in [0.2, 0.25) is 10.0 Å². The Bertz CT molecular complexity index is 1440. The normalized spacial score (nSPS) is 11.3. The van der Waals surface area contributed by atoms with Crippen molar-refractivity contribution in [2.45, 2.75) is 4.90 Å². The Morgan fingerprint density at radius 1 is 0.875 bits per heavy atom. The highest BCUT2D eigenvalue weighted by molar-refractivity contribution is 7.92. The first-order chi connectivity index (χ1) is 15.2. The number of benzene rings is 3. The maximum Gasteiger partial charge on any atom is 0.264 e. The third-order valence-electron chi connectivity index (χ3n) is 4.37. The van der Waals surface area contributed by atoms with Gasteiger partial charge in [-0.15, -0.1) is 0 Å². The van der Waals surface area contributed by atoms with E-state index in [1.54, 1.807) is 24.3 Å². The quantitative estimate of drug-likeness (QED) is 0.423. The minimum Gasteiger partial charge on any atom is -0.545 e. The van der Waals surface area contributed by atoms with E-state index in [-0.39, 0.29) is 32.1 Å². The minimum absolute atomic E-state index is 0.00308. The maximum atomic E-state index is 13.0. The van der Waals surface area contributed by atoms with Gasteiger partial charge in [0.15, 0.2) is 11.6 Å². The first-order valence-corrected chi connectivity index (χ1v) is 11.3. The first kappa shape index (κ1) is 21.8. The van der Waals surface area contributed by atoms with Crippen molar-refractivity contribution in [2.24, 2.45) is 0 Å². The number of carboxylic acid groups (broad SMARTS) is 1. The number of carboxylic acids is 1. The number of halogens is 2. The third kappa shape index (κ3) is 4.59. The molecule has 0 amide bonds. The number of hydrogen-bond acceptors (Lipinski definition) is 7. The van der Waals surface area contributed by atoms with Gasteiger partial charge in [-0.2, -0.15) is 0 Å². The molecule has 0 saturated heterocycles. The largest absolute Gasteiger partial charge is 0.545 e. The molecule has 0 atom stereocenters. The molecule has 0 radical (unpaired) electrons. The van der Waals surface area contributed by atoms with E-state index in [0.717, 1.165) is 0 Å². The van der Waals surface area contributed by atoms with Crippen LogP contribution >= 0.6 is 23.2 Å². The van der Waals surface area contributed by atoms with Crippen LogP contribution in [0.3, 0.4) is 0 Å². The number of nitrogens with one attached hydrogen (secondary N) is 2. The Balaban J connectivity index is 1.77.